The van der Waals surface area contributed by atoms with Gasteiger partial charge in [-0.15, -0.1) is 0 Å². The lowest BCUT2D eigenvalue weighted by atomic mass is 10.1. The Bertz CT molecular complexity index is 1010. The molecule has 0 saturated heterocycles. The van der Waals surface area contributed by atoms with Crippen molar-refractivity contribution in [1.29, 1.82) is 0 Å². The van der Waals surface area contributed by atoms with Crippen LogP contribution >= 0.6 is 11.6 Å². The Hall–Kier alpha value is -3.12. The van der Waals surface area contributed by atoms with E-state index in [1.54, 1.807) is 12.1 Å². The van der Waals surface area contributed by atoms with E-state index in [1.807, 2.05) is 42.5 Å². The molecule has 0 radical (unpaired) electrons. The van der Waals surface area contributed by atoms with Gasteiger partial charge >= 0.3 is 0 Å². The highest BCUT2D eigenvalue weighted by Crippen LogP contribution is 2.24. The molecule has 0 spiro atoms. The molecule has 1 aliphatic carbocycles. The molecule has 0 unspecified atom stereocenters. The van der Waals surface area contributed by atoms with E-state index in [0.717, 1.165) is 41.7 Å². The second-order valence-electron chi connectivity index (χ2n) is 7.88. The van der Waals surface area contributed by atoms with Crippen LogP contribution < -0.4 is 10.6 Å². The van der Waals surface area contributed by atoms with Crippen molar-refractivity contribution in [1.82, 2.24) is 15.5 Å². The van der Waals surface area contributed by atoms with Crippen LogP contribution in [-0.2, 0) is 22.7 Å². The van der Waals surface area contributed by atoms with Crippen LogP contribution in [0, 0.1) is 0 Å². The van der Waals surface area contributed by atoms with Gasteiger partial charge in [-0.2, -0.15) is 0 Å². The van der Waals surface area contributed by atoms with E-state index in [9.17, 15) is 14.4 Å². The Balaban J connectivity index is 1.35. The lowest BCUT2D eigenvalue weighted by Gasteiger charge is -2.15. The van der Waals surface area contributed by atoms with Crippen molar-refractivity contribution in [3.63, 3.8) is 0 Å². The molecule has 2 aromatic rings. The number of carbonyl (C=O) groups is 3. The Morgan fingerprint density at radius 3 is 2.29 bits per heavy atom. The van der Waals surface area contributed by atoms with E-state index in [1.165, 1.54) is 0 Å². The fourth-order valence-electron chi connectivity index (χ4n) is 3.91. The van der Waals surface area contributed by atoms with Gasteiger partial charge in [-0.3, -0.25) is 19.3 Å². The van der Waals surface area contributed by atoms with Gasteiger partial charge in [0.1, 0.15) is 10.7 Å². The summed E-state index contributed by atoms with van der Waals surface area (Å²) >= 11 is 6.15. The van der Waals surface area contributed by atoms with Crippen molar-refractivity contribution in [3.8, 4) is 0 Å². The largest absolute Gasteiger partial charge is 0.375 e. The normalized spacial score (nSPS) is 16.9. The average Bonchev–Trinajstić information content (AvgIpc) is 3.37. The number of imide groups is 1. The second kappa shape index (κ2) is 9.35. The molecule has 2 aliphatic rings. The Morgan fingerprint density at radius 2 is 1.61 bits per heavy atom. The third kappa shape index (κ3) is 4.80. The van der Waals surface area contributed by atoms with E-state index in [-0.39, 0.29) is 29.2 Å². The lowest BCUT2D eigenvalue weighted by molar-refractivity contribution is -0.138. The molecule has 1 heterocycles. The van der Waals surface area contributed by atoms with Gasteiger partial charge in [0, 0.05) is 18.2 Å². The minimum atomic E-state index is -0.503. The molecular weight excluding hydrogens is 414 g/mol. The van der Waals surface area contributed by atoms with Crippen LogP contribution in [0.4, 0.5) is 0 Å². The Labute approximate surface area is 186 Å². The van der Waals surface area contributed by atoms with E-state index >= 15 is 0 Å². The fourth-order valence-corrected chi connectivity index (χ4v) is 4.16. The molecule has 3 amide bonds. The summed E-state index contributed by atoms with van der Waals surface area (Å²) in [5.74, 6) is -1.01. The average molecular weight is 438 g/mol. The van der Waals surface area contributed by atoms with Crippen molar-refractivity contribution in [2.24, 2.45) is 0 Å². The van der Waals surface area contributed by atoms with Gasteiger partial charge in [0.2, 0.25) is 0 Å². The van der Waals surface area contributed by atoms with Crippen molar-refractivity contribution in [2.45, 2.75) is 44.8 Å². The van der Waals surface area contributed by atoms with Crippen molar-refractivity contribution in [2.75, 3.05) is 0 Å². The number of rotatable bonds is 7. The molecule has 31 heavy (non-hydrogen) atoms. The number of amides is 3. The number of hydrogen-bond donors (Lipinski definition) is 2. The molecule has 1 aliphatic heterocycles. The highest BCUT2D eigenvalue weighted by atomic mass is 35.5. The van der Waals surface area contributed by atoms with Gasteiger partial charge in [-0.25, -0.2) is 0 Å². The first-order valence-electron chi connectivity index (χ1n) is 10.5. The smallest absolute Gasteiger partial charge is 0.278 e. The first-order chi connectivity index (χ1) is 15.0. The molecule has 0 atom stereocenters. The molecule has 2 aromatic carbocycles. The third-order valence-electron chi connectivity index (χ3n) is 5.67. The number of carbonyl (C=O) groups excluding carboxylic acids is 3. The summed E-state index contributed by atoms with van der Waals surface area (Å²) in [5.41, 5.74) is 2.43. The molecule has 160 valence electrons. The minimum absolute atomic E-state index is 0.0646. The SMILES string of the molecule is O=C(NC1CCCC1)c1ccc(CNC2=C(Cl)C(=O)N(Cc3ccccc3)C2=O)cc1. The van der Waals surface area contributed by atoms with Crippen molar-refractivity contribution in [3.05, 3.63) is 82.0 Å². The highest BCUT2D eigenvalue weighted by molar-refractivity contribution is 6.47. The molecule has 0 aromatic heterocycles. The molecule has 4 rings (SSSR count). The van der Waals surface area contributed by atoms with Crippen LogP contribution in [0.3, 0.4) is 0 Å². The highest BCUT2D eigenvalue weighted by Gasteiger charge is 2.37. The van der Waals surface area contributed by atoms with Gasteiger partial charge in [0.25, 0.3) is 17.7 Å². The van der Waals surface area contributed by atoms with Gasteiger partial charge < -0.3 is 10.6 Å². The molecule has 6 nitrogen and oxygen atoms in total. The van der Waals surface area contributed by atoms with Crippen LogP contribution in [0.2, 0.25) is 0 Å². The summed E-state index contributed by atoms with van der Waals surface area (Å²) in [7, 11) is 0. The summed E-state index contributed by atoms with van der Waals surface area (Å²) in [6.07, 6.45) is 4.41. The zero-order valence-corrected chi connectivity index (χ0v) is 17.8. The first-order valence-corrected chi connectivity index (χ1v) is 10.8. The maximum atomic E-state index is 12.7. The van der Waals surface area contributed by atoms with E-state index in [4.69, 9.17) is 11.6 Å². The van der Waals surface area contributed by atoms with E-state index < -0.39 is 11.8 Å². The predicted octanol–water partition coefficient (Wildman–Crippen LogP) is 3.47. The van der Waals surface area contributed by atoms with Crippen LogP contribution in [0.15, 0.2) is 65.3 Å². The maximum Gasteiger partial charge on any atom is 0.278 e. The topological polar surface area (TPSA) is 78.5 Å². The Kier molecular flexibility index (Phi) is 6.37. The van der Waals surface area contributed by atoms with Gasteiger partial charge in [-0.05, 0) is 36.1 Å². The van der Waals surface area contributed by atoms with Gasteiger partial charge in [0.05, 0.1) is 6.54 Å². The molecule has 2 N–H and O–H groups in total. The first kappa shape index (κ1) is 21.1. The van der Waals surface area contributed by atoms with Crippen LogP contribution in [0.5, 0.6) is 0 Å². The minimum Gasteiger partial charge on any atom is -0.375 e. The number of nitrogens with zero attached hydrogens (tertiary/aromatic N) is 1. The van der Waals surface area contributed by atoms with Crippen molar-refractivity contribution >= 4 is 29.3 Å². The Morgan fingerprint density at radius 1 is 0.935 bits per heavy atom. The second-order valence-corrected chi connectivity index (χ2v) is 8.25. The van der Waals surface area contributed by atoms with E-state index in [0.29, 0.717) is 12.1 Å². The summed E-state index contributed by atoms with van der Waals surface area (Å²) in [6, 6.07) is 16.7. The number of hydrogen-bond acceptors (Lipinski definition) is 4. The summed E-state index contributed by atoms with van der Waals surface area (Å²) in [6.45, 7) is 0.485. The van der Waals surface area contributed by atoms with Gasteiger partial charge in [0.15, 0.2) is 0 Å². The number of nitrogens with one attached hydrogen (secondary N) is 2. The predicted molar refractivity (Wildman–Crippen MR) is 118 cm³/mol. The van der Waals surface area contributed by atoms with Crippen LogP contribution in [0.1, 0.15) is 47.2 Å². The molecule has 0 bridgehead atoms. The number of halogens is 1. The third-order valence-corrected chi connectivity index (χ3v) is 6.02. The van der Waals surface area contributed by atoms with E-state index in [2.05, 4.69) is 10.6 Å². The summed E-state index contributed by atoms with van der Waals surface area (Å²) in [4.78, 5) is 38.6. The summed E-state index contributed by atoms with van der Waals surface area (Å²) in [5, 5.41) is 5.95. The molecule has 1 saturated carbocycles. The monoisotopic (exact) mass is 437 g/mol. The molecule has 1 fully saturated rings. The zero-order chi connectivity index (χ0) is 21.8. The van der Waals surface area contributed by atoms with Crippen LogP contribution in [-0.4, -0.2) is 28.7 Å². The quantitative estimate of drug-likeness (QED) is 0.650. The molecule has 7 heteroatoms. The molecular formula is C24H24ClN3O3. The number of benzene rings is 2. The van der Waals surface area contributed by atoms with Gasteiger partial charge in [-0.1, -0.05) is 66.9 Å². The standard InChI is InChI=1S/C24H24ClN3O3/c25-20-21(24(31)28(23(20)30)15-17-6-2-1-3-7-17)26-14-16-10-12-18(13-11-16)22(29)27-19-8-4-5-9-19/h1-3,6-7,10-13,19,26H,4-5,8-9,14-15H2,(H,27,29). The maximum absolute atomic E-state index is 12.7. The van der Waals surface area contributed by atoms with Crippen molar-refractivity contribution < 1.29 is 14.4 Å². The summed E-state index contributed by atoms with van der Waals surface area (Å²) < 4.78 is 0. The zero-order valence-electron chi connectivity index (χ0n) is 17.1. The fraction of sp³-hybridized carbons (Fsp3) is 0.292. The van der Waals surface area contributed by atoms with Crippen LogP contribution in [0.25, 0.3) is 0 Å². The lowest BCUT2D eigenvalue weighted by Crippen LogP contribution is -2.33.